The maximum atomic E-state index is 12.2. The van der Waals surface area contributed by atoms with E-state index in [1.165, 1.54) is 0 Å². The Labute approximate surface area is 136 Å². The lowest BCUT2D eigenvalue weighted by Crippen LogP contribution is -2.46. The van der Waals surface area contributed by atoms with Crippen molar-refractivity contribution >= 4 is 43.7 Å². The summed E-state index contributed by atoms with van der Waals surface area (Å²) < 4.78 is 1.51. The molecule has 1 aromatic rings. The highest BCUT2D eigenvalue weighted by molar-refractivity contribution is 9.11. The number of carbonyl (C=O) groups excluding carboxylic acids is 2. The predicted octanol–water partition coefficient (Wildman–Crippen LogP) is 3.20. The van der Waals surface area contributed by atoms with Crippen molar-refractivity contribution in [3.8, 4) is 0 Å². The van der Waals surface area contributed by atoms with Gasteiger partial charge >= 0.3 is 0 Å². The Balaban J connectivity index is 2.80. The van der Waals surface area contributed by atoms with Gasteiger partial charge in [0.25, 0.3) is 5.91 Å². The van der Waals surface area contributed by atoms with Gasteiger partial charge in [0, 0.05) is 22.0 Å². The first-order chi connectivity index (χ1) is 9.40. The van der Waals surface area contributed by atoms with E-state index in [2.05, 4.69) is 37.2 Å². The van der Waals surface area contributed by atoms with Crippen molar-refractivity contribution in [2.75, 3.05) is 13.1 Å². The molecule has 0 aromatic heterocycles. The molecule has 0 aliphatic heterocycles. The molecular weight excluding hydrogens is 388 g/mol. The van der Waals surface area contributed by atoms with Crippen LogP contribution < -0.4 is 5.32 Å². The minimum absolute atomic E-state index is 0.0746. The van der Waals surface area contributed by atoms with Gasteiger partial charge in [-0.05, 0) is 54.9 Å². The van der Waals surface area contributed by atoms with E-state index < -0.39 is 6.04 Å². The number of halogens is 2. The van der Waals surface area contributed by atoms with E-state index in [1.54, 1.807) is 24.0 Å². The second kappa shape index (κ2) is 7.78. The van der Waals surface area contributed by atoms with Crippen molar-refractivity contribution < 1.29 is 9.59 Å². The van der Waals surface area contributed by atoms with Crippen LogP contribution in [0.5, 0.6) is 0 Å². The standard InChI is InChI=1S/C14H18Br2N2O2/c1-4-18(5-2)14(20)9(3)17-13(19)11-8-10(15)6-7-12(11)16/h6-9H,4-5H2,1-3H3,(H,17,19). The summed E-state index contributed by atoms with van der Waals surface area (Å²) in [6, 6.07) is 4.79. The van der Waals surface area contributed by atoms with Crippen LogP contribution in [0.2, 0.25) is 0 Å². The Morgan fingerprint density at radius 2 is 1.85 bits per heavy atom. The lowest BCUT2D eigenvalue weighted by atomic mass is 10.2. The van der Waals surface area contributed by atoms with Crippen LogP contribution in [0.4, 0.5) is 0 Å². The molecule has 0 saturated carbocycles. The fraction of sp³-hybridized carbons (Fsp3) is 0.429. The molecular formula is C14H18Br2N2O2. The average Bonchev–Trinajstić information content (AvgIpc) is 2.42. The Hall–Kier alpha value is -0.880. The molecule has 0 spiro atoms. The maximum Gasteiger partial charge on any atom is 0.253 e. The monoisotopic (exact) mass is 404 g/mol. The van der Waals surface area contributed by atoms with Gasteiger partial charge in [0.15, 0.2) is 0 Å². The molecule has 4 nitrogen and oxygen atoms in total. The molecule has 0 bridgehead atoms. The van der Waals surface area contributed by atoms with Crippen molar-refractivity contribution in [1.29, 1.82) is 0 Å². The number of amides is 2. The number of hydrogen-bond donors (Lipinski definition) is 1. The molecule has 0 aliphatic rings. The molecule has 0 fully saturated rings. The predicted molar refractivity (Wildman–Crippen MR) is 86.7 cm³/mol. The highest BCUT2D eigenvalue weighted by atomic mass is 79.9. The van der Waals surface area contributed by atoms with Crippen molar-refractivity contribution in [3.63, 3.8) is 0 Å². The fourth-order valence-corrected chi connectivity index (χ4v) is 2.60. The van der Waals surface area contributed by atoms with E-state index >= 15 is 0 Å². The van der Waals surface area contributed by atoms with Gasteiger partial charge < -0.3 is 10.2 Å². The molecule has 1 aromatic carbocycles. The third kappa shape index (κ3) is 4.31. The van der Waals surface area contributed by atoms with Gasteiger partial charge in [0.05, 0.1) is 5.56 Å². The zero-order valence-electron chi connectivity index (χ0n) is 11.7. The summed E-state index contributed by atoms with van der Waals surface area (Å²) in [5.41, 5.74) is 0.499. The maximum absolute atomic E-state index is 12.2. The van der Waals surface area contributed by atoms with Crippen LogP contribution in [-0.2, 0) is 4.79 Å². The topological polar surface area (TPSA) is 49.4 Å². The molecule has 1 N–H and O–H groups in total. The SMILES string of the molecule is CCN(CC)C(=O)C(C)NC(=O)c1cc(Br)ccc1Br. The van der Waals surface area contributed by atoms with Crippen LogP contribution in [0.25, 0.3) is 0 Å². The van der Waals surface area contributed by atoms with Crippen LogP contribution in [0.1, 0.15) is 31.1 Å². The summed E-state index contributed by atoms with van der Waals surface area (Å²) >= 11 is 6.67. The Bertz CT molecular complexity index is 502. The quantitative estimate of drug-likeness (QED) is 0.817. The van der Waals surface area contributed by atoms with Crippen molar-refractivity contribution in [1.82, 2.24) is 10.2 Å². The molecule has 0 radical (unpaired) electrons. The molecule has 1 rings (SSSR count). The highest BCUT2D eigenvalue weighted by Crippen LogP contribution is 2.21. The summed E-state index contributed by atoms with van der Waals surface area (Å²) in [5, 5.41) is 2.73. The molecule has 110 valence electrons. The van der Waals surface area contributed by atoms with E-state index in [9.17, 15) is 9.59 Å². The minimum atomic E-state index is -0.548. The number of benzene rings is 1. The molecule has 20 heavy (non-hydrogen) atoms. The van der Waals surface area contributed by atoms with Crippen molar-refractivity contribution in [3.05, 3.63) is 32.7 Å². The van der Waals surface area contributed by atoms with Crippen LogP contribution >= 0.6 is 31.9 Å². The molecule has 0 heterocycles. The Morgan fingerprint density at radius 1 is 1.25 bits per heavy atom. The second-order valence-corrected chi connectivity index (χ2v) is 6.10. The smallest absolute Gasteiger partial charge is 0.253 e. The normalized spacial score (nSPS) is 11.8. The highest BCUT2D eigenvalue weighted by Gasteiger charge is 2.21. The van der Waals surface area contributed by atoms with E-state index in [-0.39, 0.29) is 11.8 Å². The number of likely N-dealkylation sites (N-methyl/N-ethyl adjacent to an activating group) is 1. The van der Waals surface area contributed by atoms with E-state index in [1.807, 2.05) is 19.9 Å². The van der Waals surface area contributed by atoms with Crippen LogP contribution in [0.3, 0.4) is 0 Å². The van der Waals surface area contributed by atoms with Gasteiger partial charge in [-0.1, -0.05) is 15.9 Å². The van der Waals surface area contributed by atoms with Gasteiger partial charge in [0.1, 0.15) is 6.04 Å². The lowest BCUT2D eigenvalue weighted by molar-refractivity contribution is -0.132. The summed E-state index contributed by atoms with van der Waals surface area (Å²) in [5.74, 6) is -0.347. The molecule has 1 atom stereocenters. The molecule has 0 aliphatic carbocycles. The molecule has 2 amide bonds. The summed E-state index contributed by atoms with van der Waals surface area (Å²) in [6.07, 6.45) is 0. The van der Waals surface area contributed by atoms with Gasteiger partial charge in [-0.15, -0.1) is 0 Å². The Kier molecular flexibility index (Phi) is 6.68. The summed E-state index contributed by atoms with van der Waals surface area (Å²) in [7, 11) is 0. The lowest BCUT2D eigenvalue weighted by Gasteiger charge is -2.23. The number of carbonyl (C=O) groups is 2. The minimum Gasteiger partial charge on any atom is -0.341 e. The summed E-state index contributed by atoms with van der Waals surface area (Å²) in [6.45, 7) is 6.80. The average molecular weight is 406 g/mol. The van der Waals surface area contributed by atoms with Gasteiger partial charge in [-0.3, -0.25) is 9.59 Å². The zero-order valence-corrected chi connectivity index (χ0v) is 14.9. The molecule has 6 heteroatoms. The third-order valence-electron chi connectivity index (χ3n) is 2.97. The van der Waals surface area contributed by atoms with Gasteiger partial charge in [-0.2, -0.15) is 0 Å². The van der Waals surface area contributed by atoms with Gasteiger partial charge in [0.2, 0.25) is 5.91 Å². The first-order valence-corrected chi connectivity index (χ1v) is 8.04. The first kappa shape index (κ1) is 17.2. The van der Waals surface area contributed by atoms with Crippen LogP contribution in [-0.4, -0.2) is 35.8 Å². The fourth-order valence-electron chi connectivity index (χ4n) is 1.82. The van der Waals surface area contributed by atoms with Crippen LogP contribution in [0, 0.1) is 0 Å². The second-order valence-electron chi connectivity index (χ2n) is 4.33. The van der Waals surface area contributed by atoms with Crippen molar-refractivity contribution in [2.45, 2.75) is 26.8 Å². The van der Waals surface area contributed by atoms with E-state index in [0.717, 1.165) is 4.47 Å². The largest absolute Gasteiger partial charge is 0.341 e. The number of hydrogen-bond acceptors (Lipinski definition) is 2. The molecule has 0 saturated heterocycles. The van der Waals surface area contributed by atoms with Crippen LogP contribution in [0.15, 0.2) is 27.1 Å². The van der Waals surface area contributed by atoms with E-state index in [4.69, 9.17) is 0 Å². The Morgan fingerprint density at radius 3 is 2.40 bits per heavy atom. The van der Waals surface area contributed by atoms with Crippen molar-refractivity contribution in [2.24, 2.45) is 0 Å². The third-order valence-corrected chi connectivity index (χ3v) is 4.15. The molecule has 1 unspecified atom stereocenters. The first-order valence-electron chi connectivity index (χ1n) is 6.45. The van der Waals surface area contributed by atoms with Gasteiger partial charge in [-0.25, -0.2) is 0 Å². The zero-order chi connectivity index (χ0) is 15.3. The number of rotatable bonds is 5. The summed E-state index contributed by atoms with van der Waals surface area (Å²) in [4.78, 5) is 26.0. The number of nitrogens with one attached hydrogen (secondary N) is 1. The van der Waals surface area contributed by atoms with E-state index in [0.29, 0.717) is 23.1 Å². The number of nitrogens with zero attached hydrogens (tertiary/aromatic N) is 1.